The molecule has 0 N–H and O–H groups in total. The summed E-state index contributed by atoms with van der Waals surface area (Å²) in [6, 6.07) is 16.6. The lowest BCUT2D eigenvalue weighted by Crippen LogP contribution is -1.99. The third-order valence-electron chi connectivity index (χ3n) is 4.02. The van der Waals surface area contributed by atoms with Gasteiger partial charge in [-0.3, -0.25) is 0 Å². The smallest absolute Gasteiger partial charge is 0.134 e. The second-order valence-corrected chi connectivity index (χ2v) is 6.14. The summed E-state index contributed by atoms with van der Waals surface area (Å²) in [5.74, 6) is 0.965. The van der Waals surface area contributed by atoms with E-state index >= 15 is 0 Å². The van der Waals surface area contributed by atoms with Gasteiger partial charge in [-0.15, -0.1) is 0 Å². The average molecular weight is 313 g/mol. The maximum absolute atomic E-state index is 6.19. The lowest BCUT2D eigenvalue weighted by Gasteiger charge is -2.13. The normalized spacial score (nSPS) is 11.2. The van der Waals surface area contributed by atoms with Crippen molar-refractivity contribution in [2.45, 2.75) is 32.6 Å². The van der Waals surface area contributed by atoms with E-state index in [1.807, 2.05) is 12.1 Å². The van der Waals surface area contributed by atoms with E-state index in [2.05, 4.69) is 43.3 Å². The molecule has 0 saturated heterocycles. The van der Waals surface area contributed by atoms with Crippen molar-refractivity contribution in [1.82, 2.24) is 0 Å². The predicted octanol–water partition coefficient (Wildman–Crippen LogP) is 6.61. The molecule has 0 aliphatic carbocycles. The highest BCUT2D eigenvalue weighted by Gasteiger charge is 2.09. The Bertz CT molecular complexity index is 779. The molecule has 0 bridgehead atoms. The fourth-order valence-electron chi connectivity index (χ4n) is 2.85. The Balaban J connectivity index is 2.00. The molecule has 0 fully saturated rings. The number of rotatable bonds is 6. The summed E-state index contributed by atoms with van der Waals surface area (Å²) in [5, 5.41) is 5.39. The van der Waals surface area contributed by atoms with Gasteiger partial charge in [0.1, 0.15) is 5.75 Å². The summed E-state index contributed by atoms with van der Waals surface area (Å²) in [4.78, 5) is 0. The molecule has 0 aromatic heterocycles. The maximum Gasteiger partial charge on any atom is 0.134 e. The third kappa shape index (κ3) is 3.20. The Morgan fingerprint density at radius 2 is 1.68 bits per heavy atom. The highest BCUT2D eigenvalue weighted by atomic mass is 35.5. The number of hydrogen-bond acceptors (Lipinski definition) is 1. The van der Waals surface area contributed by atoms with E-state index in [1.54, 1.807) is 0 Å². The van der Waals surface area contributed by atoms with Gasteiger partial charge >= 0.3 is 0 Å². The molecule has 22 heavy (non-hydrogen) atoms. The van der Waals surface area contributed by atoms with Gasteiger partial charge in [0.05, 0.1) is 6.61 Å². The first kappa shape index (κ1) is 15.2. The highest BCUT2D eigenvalue weighted by molar-refractivity contribution is 6.31. The highest BCUT2D eigenvalue weighted by Crippen LogP contribution is 2.36. The molecule has 1 nitrogen and oxygen atoms in total. The van der Waals surface area contributed by atoms with Gasteiger partial charge in [0.25, 0.3) is 0 Å². The Morgan fingerprint density at radius 3 is 2.55 bits per heavy atom. The molecule has 0 aliphatic heterocycles. The van der Waals surface area contributed by atoms with Gasteiger partial charge in [-0.1, -0.05) is 68.1 Å². The Morgan fingerprint density at radius 1 is 0.864 bits per heavy atom. The van der Waals surface area contributed by atoms with Gasteiger partial charge in [-0.25, -0.2) is 0 Å². The first-order valence-corrected chi connectivity index (χ1v) is 8.41. The van der Waals surface area contributed by atoms with E-state index in [9.17, 15) is 0 Å². The molecule has 0 heterocycles. The predicted molar refractivity (Wildman–Crippen MR) is 96.1 cm³/mol. The topological polar surface area (TPSA) is 9.23 Å². The number of ether oxygens (including phenoxy) is 1. The van der Waals surface area contributed by atoms with Crippen molar-refractivity contribution < 1.29 is 4.74 Å². The maximum atomic E-state index is 6.19. The molecular formula is C20H21ClO. The summed E-state index contributed by atoms with van der Waals surface area (Å²) in [7, 11) is 0. The number of benzene rings is 3. The first-order chi connectivity index (χ1) is 10.8. The van der Waals surface area contributed by atoms with Crippen molar-refractivity contribution in [3.05, 3.63) is 53.6 Å². The standard InChI is InChI=1S/C20H21ClO/c1-2-3-4-7-12-22-20-18-9-6-5-8-15(18)13-16-10-11-17(21)14-19(16)20/h5-6,8-11,13-14H,2-4,7,12H2,1H3. The minimum Gasteiger partial charge on any atom is -0.492 e. The number of halogens is 1. The molecular weight excluding hydrogens is 292 g/mol. The lowest BCUT2D eigenvalue weighted by molar-refractivity contribution is 0.312. The van der Waals surface area contributed by atoms with Crippen LogP contribution in [0.4, 0.5) is 0 Å². The van der Waals surface area contributed by atoms with E-state index < -0.39 is 0 Å². The molecule has 114 valence electrons. The molecule has 0 unspecified atom stereocenters. The van der Waals surface area contributed by atoms with Crippen LogP contribution < -0.4 is 4.74 Å². The summed E-state index contributed by atoms with van der Waals surface area (Å²) in [6.07, 6.45) is 4.83. The molecule has 0 radical (unpaired) electrons. The first-order valence-electron chi connectivity index (χ1n) is 8.03. The van der Waals surface area contributed by atoms with Crippen LogP contribution in [0, 0.1) is 0 Å². The van der Waals surface area contributed by atoms with Crippen LogP contribution in [-0.2, 0) is 0 Å². The van der Waals surface area contributed by atoms with Crippen molar-refractivity contribution in [2.24, 2.45) is 0 Å². The number of fused-ring (bicyclic) bond motifs is 2. The van der Waals surface area contributed by atoms with Crippen molar-refractivity contribution in [3.63, 3.8) is 0 Å². The van der Waals surface area contributed by atoms with Gasteiger partial charge in [-0.2, -0.15) is 0 Å². The molecule has 3 aromatic rings. The van der Waals surface area contributed by atoms with Gasteiger partial charge in [0.15, 0.2) is 0 Å². The third-order valence-corrected chi connectivity index (χ3v) is 4.26. The van der Waals surface area contributed by atoms with Crippen LogP contribution in [0.5, 0.6) is 5.75 Å². The van der Waals surface area contributed by atoms with Gasteiger partial charge in [-0.05, 0) is 35.4 Å². The molecule has 3 aromatic carbocycles. The molecule has 0 atom stereocenters. The molecule has 3 rings (SSSR count). The summed E-state index contributed by atoms with van der Waals surface area (Å²) < 4.78 is 6.18. The molecule has 2 heteroatoms. The molecule has 0 amide bonds. The Labute approximate surface area is 136 Å². The molecule has 0 aliphatic rings. The fraction of sp³-hybridized carbons (Fsp3) is 0.300. The van der Waals surface area contributed by atoms with Crippen molar-refractivity contribution in [3.8, 4) is 5.75 Å². The zero-order valence-electron chi connectivity index (χ0n) is 12.9. The van der Waals surface area contributed by atoms with Crippen LogP contribution in [0.2, 0.25) is 5.02 Å². The van der Waals surface area contributed by atoms with Gasteiger partial charge in [0.2, 0.25) is 0 Å². The van der Waals surface area contributed by atoms with Crippen LogP contribution in [0.15, 0.2) is 48.5 Å². The summed E-state index contributed by atoms with van der Waals surface area (Å²) in [6.45, 7) is 2.98. The monoisotopic (exact) mass is 312 g/mol. The zero-order chi connectivity index (χ0) is 15.4. The van der Waals surface area contributed by atoms with Gasteiger partial charge in [0, 0.05) is 15.8 Å². The zero-order valence-corrected chi connectivity index (χ0v) is 13.7. The minimum atomic E-state index is 0.749. The number of hydrogen-bond donors (Lipinski definition) is 0. The van der Waals surface area contributed by atoms with E-state index in [4.69, 9.17) is 16.3 Å². The lowest BCUT2D eigenvalue weighted by atomic mass is 10.0. The van der Waals surface area contributed by atoms with Crippen molar-refractivity contribution in [2.75, 3.05) is 6.61 Å². The summed E-state index contributed by atoms with van der Waals surface area (Å²) in [5.41, 5.74) is 0. The quantitative estimate of drug-likeness (QED) is 0.368. The second-order valence-electron chi connectivity index (χ2n) is 5.70. The van der Waals surface area contributed by atoms with E-state index in [0.717, 1.165) is 34.6 Å². The van der Waals surface area contributed by atoms with Crippen LogP contribution in [-0.4, -0.2) is 6.61 Å². The largest absolute Gasteiger partial charge is 0.492 e. The van der Waals surface area contributed by atoms with Gasteiger partial charge < -0.3 is 4.74 Å². The fourth-order valence-corrected chi connectivity index (χ4v) is 3.02. The Hall–Kier alpha value is -1.73. The van der Waals surface area contributed by atoms with Crippen LogP contribution in [0.25, 0.3) is 21.5 Å². The van der Waals surface area contributed by atoms with Crippen LogP contribution >= 0.6 is 11.6 Å². The molecule has 0 spiro atoms. The summed E-state index contributed by atoms with van der Waals surface area (Å²) >= 11 is 6.19. The van der Waals surface area contributed by atoms with E-state index in [0.29, 0.717) is 0 Å². The van der Waals surface area contributed by atoms with Crippen LogP contribution in [0.1, 0.15) is 32.6 Å². The average Bonchev–Trinajstić information content (AvgIpc) is 2.54. The van der Waals surface area contributed by atoms with Crippen LogP contribution in [0.3, 0.4) is 0 Å². The SMILES string of the molecule is CCCCCCOc1c2ccccc2cc2ccc(Cl)cc12. The van der Waals surface area contributed by atoms with E-state index in [-0.39, 0.29) is 0 Å². The Kier molecular flexibility index (Phi) is 4.84. The molecule has 0 saturated carbocycles. The number of unbranched alkanes of at least 4 members (excludes halogenated alkanes) is 3. The minimum absolute atomic E-state index is 0.749. The van der Waals surface area contributed by atoms with E-state index in [1.165, 1.54) is 30.0 Å². The second kappa shape index (κ2) is 7.02. The van der Waals surface area contributed by atoms with Crippen molar-refractivity contribution >= 4 is 33.1 Å². The van der Waals surface area contributed by atoms with Crippen molar-refractivity contribution in [1.29, 1.82) is 0 Å².